The van der Waals surface area contributed by atoms with Crippen molar-refractivity contribution in [3.05, 3.63) is 83.9 Å². The molecule has 3 aromatic carbocycles. The molecule has 4 rings (SSSR count). The van der Waals surface area contributed by atoms with Gasteiger partial charge in [-0.05, 0) is 61.9 Å². The van der Waals surface area contributed by atoms with Crippen LogP contribution in [-0.2, 0) is 21.2 Å². The highest BCUT2D eigenvalue weighted by atomic mass is 32.2. The first-order chi connectivity index (χ1) is 17.8. The van der Waals surface area contributed by atoms with Gasteiger partial charge in [0.2, 0.25) is 5.91 Å². The lowest BCUT2D eigenvalue weighted by Gasteiger charge is -2.34. The predicted molar refractivity (Wildman–Crippen MR) is 145 cm³/mol. The van der Waals surface area contributed by atoms with Crippen LogP contribution in [0, 0.1) is 12.8 Å². The maximum atomic E-state index is 13.8. The predicted octanol–water partition coefficient (Wildman–Crippen LogP) is 4.69. The summed E-state index contributed by atoms with van der Waals surface area (Å²) in [7, 11) is -1.05. The molecule has 0 aliphatic carbocycles. The Labute approximate surface area is 219 Å². The summed E-state index contributed by atoms with van der Waals surface area (Å²) in [5.74, 6) is 1.11. The van der Waals surface area contributed by atoms with Crippen molar-refractivity contribution in [1.82, 2.24) is 4.90 Å². The number of rotatable bonds is 9. The van der Waals surface area contributed by atoms with Gasteiger partial charge < -0.3 is 14.4 Å². The molecule has 0 unspecified atom stereocenters. The van der Waals surface area contributed by atoms with E-state index < -0.39 is 10.0 Å². The van der Waals surface area contributed by atoms with Crippen molar-refractivity contribution < 1.29 is 22.7 Å². The van der Waals surface area contributed by atoms with E-state index in [4.69, 9.17) is 9.47 Å². The second-order valence-electron chi connectivity index (χ2n) is 9.38. The smallest absolute Gasteiger partial charge is 0.264 e. The summed E-state index contributed by atoms with van der Waals surface area (Å²) in [6.07, 6.45) is 2.76. The minimum atomic E-state index is -4.04. The molecule has 0 bridgehead atoms. The molecule has 8 heteroatoms. The van der Waals surface area contributed by atoms with Gasteiger partial charge in [0.15, 0.2) is 0 Å². The van der Waals surface area contributed by atoms with Gasteiger partial charge in [-0.3, -0.25) is 9.10 Å². The van der Waals surface area contributed by atoms with Crippen LogP contribution in [0.1, 0.15) is 24.0 Å². The molecule has 1 aliphatic rings. The summed E-state index contributed by atoms with van der Waals surface area (Å²) < 4.78 is 39.6. The molecular weight excluding hydrogens is 488 g/mol. The average molecular weight is 523 g/mol. The van der Waals surface area contributed by atoms with E-state index in [9.17, 15) is 13.2 Å². The summed E-state index contributed by atoms with van der Waals surface area (Å²) in [6, 6.07) is 21.9. The summed E-state index contributed by atoms with van der Waals surface area (Å²) in [5, 5.41) is 0. The van der Waals surface area contributed by atoms with E-state index in [2.05, 4.69) is 12.1 Å². The van der Waals surface area contributed by atoms with Crippen molar-refractivity contribution in [3.63, 3.8) is 0 Å². The Kier molecular flexibility index (Phi) is 8.38. The van der Waals surface area contributed by atoms with Gasteiger partial charge in [-0.2, -0.15) is 0 Å². The van der Waals surface area contributed by atoms with Crippen LogP contribution in [-0.4, -0.2) is 53.1 Å². The third-order valence-corrected chi connectivity index (χ3v) is 8.65. The van der Waals surface area contributed by atoms with Crippen LogP contribution in [0.2, 0.25) is 0 Å². The zero-order valence-corrected chi connectivity index (χ0v) is 22.4. The highest BCUT2D eigenvalue weighted by Gasteiger charge is 2.32. The Morgan fingerprint density at radius 2 is 1.62 bits per heavy atom. The van der Waals surface area contributed by atoms with E-state index in [0.717, 1.165) is 29.1 Å². The van der Waals surface area contributed by atoms with Crippen LogP contribution < -0.4 is 13.8 Å². The highest BCUT2D eigenvalue weighted by molar-refractivity contribution is 7.92. The van der Waals surface area contributed by atoms with Crippen LogP contribution in [0.3, 0.4) is 0 Å². The molecule has 1 heterocycles. The molecule has 0 N–H and O–H groups in total. The summed E-state index contributed by atoms with van der Waals surface area (Å²) in [5.41, 5.74) is 2.53. The number of methoxy groups -OCH3 is 2. The summed E-state index contributed by atoms with van der Waals surface area (Å²) >= 11 is 0. The number of likely N-dealkylation sites (tertiary alicyclic amines) is 1. The van der Waals surface area contributed by atoms with Crippen molar-refractivity contribution in [3.8, 4) is 11.5 Å². The number of hydrogen-bond donors (Lipinski definition) is 0. The van der Waals surface area contributed by atoms with E-state index in [1.807, 2.05) is 25.1 Å². The van der Waals surface area contributed by atoms with Gasteiger partial charge in [0.25, 0.3) is 10.0 Å². The van der Waals surface area contributed by atoms with Gasteiger partial charge >= 0.3 is 0 Å². The molecule has 1 aliphatic heterocycles. The van der Waals surface area contributed by atoms with Gasteiger partial charge in [-0.15, -0.1) is 0 Å². The van der Waals surface area contributed by atoms with E-state index in [1.54, 1.807) is 47.4 Å². The molecule has 196 valence electrons. The van der Waals surface area contributed by atoms with Crippen molar-refractivity contribution in [2.45, 2.75) is 31.1 Å². The number of benzene rings is 3. The second kappa shape index (κ2) is 11.7. The van der Waals surface area contributed by atoms with Crippen molar-refractivity contribution >= 4 is 21.6 Å². The first kappa shape index (κ1) is 26.5. The molecule has 1 fully saturated rings. The van der Waals surface area contributed by atoms with Crippen LogP contribution in [0.25, 0.3) is 0 Å². The average Bonchev–Trinajstić information content (AvgIpc) is 2.92. The van der Waals surface area contributed by atoms with E-state index in [1.165, 1.54) is 19.8 Å². The normalized spacial score (nSPS) is 14.3. The molecule has 0 saturated carbocycles. The highest BCUT2D eigenvalue weighted by Crippen LogP contribution is 2.35. The first-order valence-electron chi connectivity index (χ1n) is 12.4. The van der Waals surface area contributed by atoms with Crippen LogP contribution in [0.5, 0.6) is 11.5 Å². The maximum Gasteiger partial charge on any atom is 0.264 e. The third kappa shape index (κ3) is 6.25. The molecule has 0 atom stereocenters. The summed E-state index contributed by atoms with van der Waals surface area (Å²) in [6.45, 7) is 2.79. The van der Waals surface area contributed by atoms with Crippen molar-refractivity contribution in [2.24, 2.45) is 5.92 Å². The quantitative estimate of drug-likeness (QED) is 0.408. The zero-order valence-electron chi connectivity index (χ0n) is 21.6. The molecule has 7 nitrogen and oxygen atoms in total. The fraction of sp³-hybridized carbons (Fsp3) is 0.345. The van der Waals surface area contributed by atoms with E-state index >= 15 is 0 Å². The number of piperidine rings is 1. The number of ether oxygens (including phenoxy) is 2. The molecule has 0 radical (unpaired) electrons. The number of nitrogens with zero attached hydrogens (tertiary/aromatic N) is 2. The van der Waals surface area contributed by atoms with E-state index in [0.29, 0.717) is 30.5 Å². The van der Waals surface area contributed by atoms with Gasteiger partial charge in [0.05, 0.1) is 24.8 Å². The minimum Gasteiger partial charge on any atom is -0.497 e. The number of amides is 1. The number of carbonyl (C=O) groups is 1. The lowest BCUT2D eigenvalue weighted by Crippen LogP contribution is -2.46. The number of hydrogen-bond acceptors (Lipinski definition) is 5. The fourth-order valence-electron chi connectivity index (χ4n) is 4.68. The number of anilines is 1. The Morgan fingerprint density at radius 3 is 2.24 bits per heavy atom. The molecule has 1 amide bonds. The first-order valence-corrected chi connectivity index (χ1v) is 13.9. The monoisotopic (exact) mass is 522 g/mol. The van der Waals surface area contributed by atoms with Gasteiger partial charge in [-0.25, -0.2) is 8.42 Å². The Morgan fingerprint density at radius 1 is 0.946 bits per heavy atom. The van der Waals surface area contributed by atoms with Crippen molar-refractivity contribution in [2.75, 3.05) is 38.2 Å². The summed E-state index contributed by atoms with van der Waals surface area (Å²) in [4.78, 5) is 15.3. The SMILES string of the molecule is COc1ccc(N(CC(=O)N2CCC(Cc3ccccc3)CC2)S(=O)(=O)c2ccc(C)cc2)c(OC)c1. The molecule has 0 aromatic heterocycles. The Bertz CT molecular complexity index is 1300. The fourth-order valence-corrected chi connectivity index (χ4v) is 6.11. The number of aryl methyl sites for hydroxylation is 1. The number of carbonyl (C=O) groups excluding carboxylic acids is 1. The standard InChI is InChI=1S/C29H34N2O5S/c1-22-9-12-26(13-10-22)37(33,34)31(27-14-11-25(35-2)20-28(27)36-3)21-29(32)30-17-15-24(16-18-30)19-23-7-5-4-6-8-23/h4-14,20,24H,15-19,21H2,1-3H3. The Balaban J connectivity index is 1.56. The molecule has 1 saturated heterocycles. The Hall–Kier alpha value is -3.52. The van der Waals surface area contributed by atoms with Crippen LogP contribution in [0.4, 0.5) is 5.69 Å². The topological polar surface area (TPSA) is 76.2 Å². The lowest BCUT2D eigenvalue weighted by molar-refractivity contribution is -0.130. The lowest BCUT2D eigenvalue weighted by atomic mass is 9.90. The van der Waals surface area contributed by atoms with Gasteiger partial charge in [-0.1, -0.05) is 48.0 Å². The van der Waals surface area contributed by atoms with Crippen LogP contribution >= 0.6 is 0 Å². The van der Waals surface area contributed by atoms with Gasteiger partial charge in [0, 0.05) is 19.2 Å². The van der Waals surface area contributed by atoms with Gasteiger partial charge in [0.1, 0.15) is 18.0 Å². The van der Waals surface area contributed by atoms with Crippen LogP contribution in [0.15, 0.2) is 77.7 Å². The number of sulfonamides is 1. The largest absolute Gasteiger partial charge is 0.497 e. The molecule has 0 spiro atoms. The molecule has 37 heavy (non-hydrogen) atoms. The molecular formula is C29H34N2O5S. The van der Waals surface area contributed by atoms with Crippen molar-refractivity contribution in [1.29, 1.82) is 0 Å². The maximum absolute atomic E-state index is 13.8. The second-order valence-corrected chi connectivity index (χ2v) is 11.2. The molecule has 3 aromatic rings. The van der Waals surface area contributed by atoms with E-state index in [-0.39, 0.29) is 23.0 Å². The third-order valence-electron chi connectivity index (χ3n) is 6.88. The zero-order chi connectivity index (χ0) is 26.4. The minimum absolute atomic E-state index is 0.116.